The molecule has 0 saturated carbocycles. The molecule has 2 aromatic carbocycles. The highest BCUT2D eigenvalue weighted by molar-refractivity contribution is 5.89. The van der Waals surface area contributed by atoms with Gasteiger partial charge in [-0.3, -0.25) is 4.79 Å². The maximum atomic E-state index is 12.4. The Morgan fingerprint density at radius 2 is 1.96 bits per heavy atom. The molecule has 0 bridgehead atoms. The molecule has 3 rings (SSSR count). The maximum Gasteiger partial charge on any atom is 0.326 e. The van der Waals surface area contributed by atoms with E-state index in [0.717, 1.165) is 10.8 Å². The number of fused-ring (bicyclic) bond motifs is 1. The fourth-order valence-electron chi connectivity index (χ4n) is 3.02. The van der Waals surface area contributed by atoms with Crippen LogP contribution >= 0.6 is 0 Å². The van der Waals surface area contributed by atoms with Crippen molar-refractivity contribution >= 4 is 22.6 Å². The second-order valence-electron chi connectivity index (χ2n) is 5.76. The van der Waals surface area contributed by atoms with E-state index >= 15 is 0 Å². The molecule has 0 radical (unpaired) electrons. The highest BCUT2D eigenvalue weighted by Crippen LogP contribution is 2.26. The van der Waals surface area contributed by atoms with Crippen LogP contribution in [-0.2, 0) is 14.3 Å². The van der Waals surface area contributed by atoms with E-state index in [9.17, 15) is 14.7 Å². The number of hydrogen-bond acceptors (Lipinski definition) is 4. The van der Waals surface area contributed by atoms with Gasteiger partial charge in [0, 0.05) is 25.5 Å². The van der Waals surface area contributed by atoms with Crippen LogP contribution in [0.15, 0.2) is 42.5 Å². The number of rotatable bonds is 5. The van der Waals surface area contributed by atoms with Crippen molar-refractivity contribution in [2.45, 2.75) is 18.6 Å². The molecule has 6 heteroatoms. The zero-order valence-electron chi connectivity index (χ0n) is 13.3. The molecule has 2 unspecified atom stereocenters. The molecule has 1 fully saturated rings. The fraction of sp³-hybridized carbons (Fsp3) is 0.333. The quantitative estimate of drug-likeness (QED) is 0.907. The molecular formula is C18H19NO5. The number of carbonyl (C=O) groups is 2. The number of ether oxygens (including phenoxy) is 2. The summed E-state index contributed by atoms with van der Waals surface area (Å²) in [6, 6.07) is 12.5. The van der Waals surface area contributed by atoms with Gasteiger partial charge >= 0.3 is 5.97 Å². The molecule has 6 nitrogen and oxygen atoms in total. The van der Waals surface area contributed by atoms with Crippen molar-refractivity contribution in [2.24, 2.45) is 0 Å². The van der Waals surface area contributed by atoms with Crippen molar-refractivity contribution < 1.29 is 24.2 Å². The largest absolute Gasteiger partial charge is 0.483 e. The van der Waals surface area contributed by atoms with Gasteiger partial charge in [-0.15, -0.1) is 0 Å². The number of likely N-dealkylation sites (tertiary alicyclic amines) is 1. The van der Waals surface area contributed by atoms with Crippen LogP contribution in [0.4, 0.5) is 0 Å². The third kappa shape index (κ3) is 3.19. The van der Waals surface area contributed by atoms with Crippen molar-refractivity contribution in [3.05, 3.63) is 42.5 Å². The highest BCUT2D eigenvalue weighted by atomic mass is 16.5. The van der Waals surface area contributed by atoms with Crippen molar-refractivity contribution in [1.82, 2.24) is 4.90 Å². The van der Waals surface area contributed by atoms with Crippen LogP contribution in [0.25, 0.3) is 10.8 Å². The zero-order valence-corrected chi connectivity index (χ0v) is 13.3. The summed E-state index contributed by atoms with van der Waals surface area (Å²) in [6.45, 7) is 0.0689. The molecule has 2 atom stereocenters. The average Bonchev–Trinajstić information content (AvgIpc) is 3.04. The van der Waals surface area contributed by atoms with Gasteiger partial charge in [-0.2, -0.15) is 0 Å². The summed E-state index contributed by atoms with van der Waals surface area (Å²) >= 11 is 0. The Labute approximate surface area is 139 Å². The van der Waals surface area contributed by atoms with E-state index in [1.165, 1.54) is 12.0 Å². The van der Waals surface area contributed by atoms with E-state index in [1.54, 1.807) is 6.07 Å². The topological polar surface area (TPSA) is 76.1 Å². The summed E-state index contributed by atoms with van der Waals surface area (Å²) in [6.07, 6.45) is 0.0406. The van der Waals surface area contributed by atoms with E-state index < -0.39 is 12.0 Å². The second-order valence-corrected chi connectivity index (χ2v) is 5.76. The van der Waals surface area contributed by atoms with Crippen LogP contribution in [0.2, 0.25) is 0 Å². The van der Waals surface area contributed by atoms with Gasteiger partial charge in [-0.1, -0.05) is 36.4 Å². The maximum absolute atomic E-state index is 12.4. The van der Waals surface area contributed by atoms with E-state index in [2.05, 4.69) is 0 Å². The molecule has 0 spiro atoms. The molecule has 0 aromatic heterocycles. The zero-order chi connectivity index (χ0) is 17.1. The standard InChI is InChI=1S/C18H19NO5/c1-23-13-9-15(18(21)22)19(10-13)17(20)11-24-16-8-4-6-12-5-2-3-7-14(12)16/h2-8,13,15H,9-11H2,1H3,(H,21,22). The third-order valence-electron chi connectivity index (χ3n) is 4.30. The summed E-state index contributed by atoms with van der Waals surface area (Å²) in [5, 5.41) is 11.2. The summed E-state index contributed by atoms with van der Waals surface area (Å²) in [5.41, 5.74) is 0. The minimum absolute atomic E-state index is 0.200. The normalized spacial score (nSPS) is 20.3. The summed E-state index contributed by atoms with van der Waals surface area (Å²) in [7, 11) is 1.52. The van der Waals surface area contributed by atoms with Crippen LogP contribution in [0.5, 0.6) is 5.75 Å². The Balaban J connectivity index is 1.71. The minimum Gasteiger partial charge on any atom is -0.483 e. The summed E-state index contributed by atoms with van der Waals surface area (Å²) < 4.78 is 10.9. The van der Waals surface area contributed by atoms with Gasteiger partial charge in [0.15, 0.2) is 6.61 Å². The lowest BCUT2D eigenvalue weighted by atomic mass is 10.1. The van der Waals surface area contributed by atoms with E-state index in [-0.39, 0.29) is 25.2 Å². The molecule has 1 aliphatic heterocycles. The molecule has 1 aliphatic rings. The number of hydrogen-bond donors (Lipinski definition) is 1. The first-order valence-electron chi connectivity index (χ1n) is 7.75. The number of nitrogens with zero attached hydrogens (tertiary/aromatic N) is 1. The molecule has 1 N–H and O–H groups in total. The Bertz CT molecular complexity index is 755. The van der Waals surface area contributed by atoms with Crippen molar-refractivity contribution in [2.75, 3.05) is 20.3 Å². The third-order valence-corrected chi connectivity index (χ3v) is 4.30. The number of amides is 1. The molecule has 126 valence electrons. The predicted molar refractivity (Wildman–Crippen MR) is 88.0 cm³/mol. The molecule has 2 aromatic rings. The van der Waals surface area contributed by atoms with Gasteiger partial charge < -0.3 is 19.5 Å². The summed E-state index contributed by atoms with van der Waals surface area (Å²) in [5.74, 6) is -0.765. The number of benzene rings is 2. The first-order valence-corrected chi connectivity index (χ1v) is 7.75. The van der Waals surface area contributed by atoms with Gasteiger partial charge in [0.2, 0.25) is 0 Å². The average molecular weight is 329 g/mol. The van der Waals surface area contributed by atoms with Crippen LogP contribution in [0.3, 0.4) is 0 Å². The number of carboxylic acid groups (broad SMARTS) is 1. The molecule has 1 saturated heterocycles. The van der Waals surface area contributed by atoms with Crippen LogP contribution in [0, 0.1) is 0 Å². The van der Waals surface area contributed by atoms with Crippen molar-refractivity contribution in [3.8, 4) is 5.75 Å². The molecule has 0 aliphatic carbocycles. The van der Waals surface area contributed by atoms with Crippen LogP contribution in [0.1, 0.15) is 6.42 Å². The number of carboxylic acids is 1. The van der Waals surface area contributed by atoms with Gasteiger partial charge in [0.05, 0.1) is 6.10 Å². The Morgan fingerprint density at radius 3 is 2.71 bits per heavy atom. The first-order chi connectivity index (χ1) is 11.6. The van der Waals surface area contributed by atoms with Crippen LogP contribution in [-0.4, -0.2) is 54.3 Å². The molecule has 1 heterocycles. The highest BCUT2D eigenvalue weighted by Gasteiger charge is 2.39. The van der Waals surface area contributed by atoms with Gasteiger partial charge in [0.1, 0.15) is 11.8 Å². The van der Waals surface area contributed by atoms with Crippen LogP contribution < -0.4 is 4.74 Å². The fourth-order valence-corrected chi connectivity index (χ4v) is 3.02. The first kappa shape index (κ1) is 16.3. The Kier molecular flexibility index (Phi) is 4.66. The lowest BCUT2D eigenvalue weighted by molar-refractivity contribution is -0.148. The smallest absolute Gasteiger partial charge is 0.326 e. The lowest BCUT2D eigenvalue weighted by Gasteiger charge is -2.21. The van der Waals surface area contributed by atoms with Gasteiger partial charge in [0.25, 0.3) is 5.91 Å². The Morgan fingerprint density at radius 1 is 1.21 bits per heavy atom. The molecule has 24 heavy (non-hydrogen) atoms. The van der Waals surface area contributed by atoms with E-state index in [4.69, 9.17) is 9.47 Å². The molecule has 1 amide bonds. The number of methoxy groups -OCH3 is 1. The minimum atomic E-state index is -1.02. The van der Waals surface area contributed by atoms with Gasteiger partial charge in [-0.05, 0) is 11.5 Å². The number of aliphatic carboxylic acids is 1. The monoisotopic (exact) mass is 329 g/mol. The van der Waals surface area contributed by atoms with Gasteiger partial charge in [-0.25, -0.2) is 4.79 Å². The molecular weight excluding hydrogens is 310 g/mol. The predicted octanol–water partition coefficient (Wildman–Crippen LogP) is 1.92. The van der Waals surface area contributed by atoms with Crippen molar-refractivity contribution in [1.29, 1.82) is 0 Å². The second kappa shape index (κ2) is 6.88. The number of carbonyl (C=O) groups excluding carboxylic acids is 1. The summed E-state index contributed by atoms with van der Waals surface area (Å²) in [4.78, 5) is 25.1. The SMILES string of the molecule is COC1CC(C(=O)O)N(C(=O)COc2cccc3ccccc23)C1. The lowest BCUT2D eigenvalue weighted by Crippen LogP contribution is -2.43. The van der Waals surface area contributed by atoms with E-state index in [1.807, 2.05) is 36.4 Å². The Hall–Kier alpha value is -2.60. The van der Waals surface area contributed by atoms with Crippen molar-refractivity contribution in [3.63, 3.8) is 0 Å². The van der Waals surface area contributed by atoms with E-state index in [0.29, 0.717) is 12.2 Å².